The van der Waals surface area contributed by atoms with Gasteiger partial charge < -0.3 is 4.74 Å². The van der Waals surface area contributed by atoms with Crippen molar-refractivity contribution in [1.82, 2.24) is 9.78 Å². The number of hydrogen-bond donors (Lipinski definition) is 1. The van der Waals surface area contributed by atoms with E-state index in [0.717, 1.165) is 15.5 Å². The van der Waals surface area contributed by atoms with Gasteiger partial charge in [0.2, 0.25) is 0 Å². The zero-order valence-electron chi connectivity index (χ0n) is 15.2. The van der Waals surface area contributed by atoms with Crippen LogP contribution in [0.2, 0.25) is 5.02 Å². The standard InChI is InChI=1S/C19H18ClN3O4S/c1-23-18(28-14-9-4-3-5-10-14)16(20)17(22-23)26-12-13-8-6-7-11-15(13)21-19(24)27-25-2/h3-11H,12H2,1-2H3,(H,21,24). The van der Waals surface area contributed by atoms with Crippen LogP contribution in [-0.4, -0.2) is 23.0 Å². The summed E-state index contributed by atoms with van der Waals surface area (Å²) in [6, 6.07) is 17.0. The summed E-state index contributed by atoms with van der Waals surface area (Å²) in [5, 5.41) is 8.14. The van der Waals surface area contributed by atoms with Crippen LogP contribution in [0.3, 0.4) is 0 Å². The Morgan fingerprint density at radius 2 is 1.89 bits per heavy atom. The van der Waals surface area contributed by atoms with E-state index in [-0.39, 0.29) is 6.61 Å². The molecule has 0 bridgehead atoms. The quantitative estimate of drug-likeness (QED) is 0.433. The number of nitrogens with one attached hydrogen (secondary N) is 1. The van der Waals surface area contributed by atoms with Crippen molar-refractivity contribution in [2.45, 2.75) is 16.5 Å². The number of para-hydroxylation sites is 1. The number of hydrogen-bond acceptors (Lipinski definition) is 6. The fourth-order valence-corrected chi connectivity index (χ4v) is 3.58. The van der Waals surface area contributed by atoms with Gasteiger partial charge in [-0.3, -0.25) is 14.9 Å². The van der Waals surface area contributed by atoms with E-state index in [4.69, 9.17) is 16.3 Å². The van der Waals surface area contributed by atoms with Gasteiger partial charge in [-0.15, -0.1) is 5.10 Å². The Hall–Kier alpha value is -2.68. The van der Waals surface area contributed by atoms with Crippen molar-refractivity contribution in [1.29, 1.82) is 0 Å². The maximum absolute atomic E-state index is 11.6. The minimum absolute atomic E-state index is 0.162. The van der Waals surface area contributed by atoms with Crippen LogP contribution < -0.4 is 10.1 Å². The van der Waals surface area contributed by atoms with Crippen LogP contribution in [0, 0.1) is 0 Å². The molecule has 0 spiro atoms. The van der Waals surface area contributed by atoms with Gasteiger partial charge in [0, 0.05) is 17.5 Å². The van der Waals surface area contributed by atoms with Crippen molar-refractivity contribution >= 4 is 35.1 Å². The lowest BCUT2D eigenvalue weighted by Crippen LogP contribution is -2.14. The van der Waals surface area contributed by atoms with Gasteiger partial charge in [0.25, 0.3) is 5.88 Å². The van der Waals surface area contributed by atoms with E-state index in [1.165, 1.54) is 18.9 Å². The molecule has 1 heterocycles. The van der Waals surface area contributed by atoms with E-state index in [0.29, 0.717) is 16.6 Å². The molecular formula is C19H18ClN3O4S. The van der Waals surface area contributed by atoms with Crippen LogP contribution in [0.15, 0.2) is 64.5 Å². The average molecular weight is 420 g/mol. The molecule has 0 saturated carbocycles. The first kappa shape index (κ1) is 20.1. The first-order valence-corrected chi connectivity index (χ1v) is 9.45. The van der Waals surface area contributed by atoms with Crippen LogP contribution >= 0.6 is 23.4 Å². The molecule has 3 aromatic rings. The average Bonchev–Trinajstić information content (AvgIpc) is 2.96. The first-order chi connectivity index (χ1) is 13.6. The van der Waals surface area contributed by atoms with Gasteiger partial charge in [-0.1, -0.05) is 59.8 Å². The van der Waals surface area contributed by atoms with Gasteiger partial charge in [-0.05, 0) is 18.2 Å². The summed E-state index contributed by atoms with van der Waals surface area (Å²) in [5.41, 5.74) is 1.27. The van der Waals surface area contributed by atoms with Crippen LogP contribution in [-0.2, 0) is 23.4 Å². The van der Waals surface area contributed by atoms with Crippen LogP contribution in [0.1, 0.15) is 5.56 Å². The highest BCUT2D eigenvalue weighted by Crippen LogP contribution is 2.38. The lowest BCUT2D eigenvalue weighted by molar-refractivity contribution is -0.208. The molecule has 0 unspecified atom stereocenters. The van der Waals surface area contributed by atoms with Crippen molar-refractivity contribution in [2.24, 2.45) is 7.05 Å². The Morgan fingerprint density at radius 1 is 1.18 bits per heavy atom. The zero-order chi connectivity index (χ0) is 19.9. The molecule has 2 aromatic carbocycles. The Morgan fingerprint density at radius 3 is 2.64 bits per heavy atom. The zero-order valence-corrected chi connectivity index (χ0v) is 16.8. The maximum Gasteiger partial charge on any atom is 0.443 e. The predicted octanol–water partition coefficient (Wildman–Crippen LogP) is 4.91. The maximum atomic E-state index is 11.6. The molecule has 0 saturated heterocycles. The molecule has 3 rings (SSSR count). The highest BCUT2D eigenvalue weighted by Gasteiger charge is 2.18. The van der Waals surface area contributed by atoms with Gasteiger partial charge in [-0.25, -0.2) is 4.79 Å². The minimum atomic E-state index is -0.729. The molecule has 7 nitrogen and oxygen atoms in total. The van der Waals surface area contributed by atoms with E-state index in [9.17, 15) is 4.79 Å². The first-order valence-electron chi connectivity index (χ1n) is 8.26. The Kier molecular flexibility index (Phi) is 6.80. The van der Waals surface area contributed by atoms with Crippen molar-refractivity contribution in [2.75, 3.05) is 12.4 Å². The topological polar surface area (TPSA) is 74.6 Å². The number of amides is 1. The number of benzene rings is 2. The smallest absolute Gasteiger partial charge is 0.443 e. The third kappa shape index (κ3) is 4.98. The molecule has 1 aromatic heterocycles. The molecule has 0 fully saturated rings. The van der Waals surface area contributed by atoms with Gasteiger partial charge in [0.1, 0.15) is 16.7 Å². The van der Waals surface area contributed by atoms with Crippen molar-refractivity contribution in [3.8, 4) is 5.88 Å². The van der Waals surface area contributed by atoms with Crippen LogP contribution in [0.25, 0.3) is 0 Å². The summed E-state index contributed by atoms with van der Waals surface area (Å²) in [5.74, 6) is 0.317. The molecule has 0 aliphatic carbocycles. The minimum Gasteiger partial charge on any atom is -0.471 e. The lowest BCUT2D eigenvalue weighted by atomic mass is 10.2. The number of ether oxygens (including phenoxy) is 1. The molecule has 1 N–H and O–H groups in total. The molecule has 146 valence electrons. The summed E-state index contributed by atoms with van der Waals surface area (Å²) >= 11 is 7.98. The number of halogens is 1. The molecule has 9 heteroatoms. The Balaban J connectivity index is 1.72. The Labute approximate surface area is 171 Å². The number of carbonyl (C=O) groups is 1. The monoisotopic (exact) mass is 419 g/mol. The number of anilines is 1. The summed E-state index contributed by atoms with van der Waals surface area (Å²) in [7, 11) is 3.06. The SMILES string of the molecule is COOC(=O)Nc1ccccc1COc1nn(C)c(Sc2ccccc2)c1Cl. The molecule has 0 aliphatic heterocycles. The van der Waals surface area contributed by atoms with Crippen molar-refractivity contribution < 1.29 is 19.3 Å². The van der Waals surface area contributed by atoms with E-state index in [1.807, 2.05) is 42.5 Å². The van der Waals surface area contributed by atoms with Crippen molar-refractivity contribution in [3.05, 3.63) is 65.2 Å². The second kappa shape index (κ2) is 9.50. The van der Waals surface area contributed by atoms with Crippen LogP contribution in [0.5, 0.6) is 5.88 Å². The number of rotatable bonds is 7. The highest BCUT2D eigenvalue weighted by molar-refractivity contribution is 7.99. The number of nitrogens with zero attached hydrogens (tertiary/aromatic N) is 2. The lowest BCUT2D eigenvalue weighted by Gasteiger charge is -2.10. The van der Waals surface area contributed by atoms with Crippen molar-refractivity contribution in [3.63, 3.8) is 0 Å². The second-order valence-corrected chi connectivity index (χ2v) is 7.01. The van der Waals surface area contributed by atoms with E-state index in [2.05, 4.69) is 20.2 Å². The van der Waals surface area contributed by atoms with Gasteiger partial charge in [0.15, 0.2) is 0 Å². The van der Waals surface area contributed by atoms with Gasteiger partial charge in [-0.2, -0.15) is 4.89 Å². The number of carbonyl (C=O) groups excluding carboxylic acids is 1. The van der Waals surface area contributed by atoms with Gasteiger partial charge >= 0.3 is 6.09 Å². The highest BCUT2D eigenvalue weighted by atomic mass is 35.5. The summed E-state index contributed by atoms with van der Waals surface area (Å²) in [6.45, 7) is 0.162. The third-order valence-corrected chi connectivity index (χ3v) is 5.27. The molecular weight excluding hydrogens is 402 g/mol. The summed E-state index contributed by atoms with van der Waals surface area (Å²) < 4.78 is 7.48. The molecule has 0 radical (unpaired) electrons. The van der Waals surface area contributed by atoms with Crippen LogP contribution in [0.4, 0.5) is 10.5 Å². The summed E-state index contributed by atoms with van der Waals surface area (Å²) in [4.78, 5) is 21.4. The molecule has 28 heavy (non-hydrogen) atoms. The third-order valence-electron chi connectivity index (χ3n) is 3.65. The largest absolute Gasteiger partial charge is 0.471 e. The molecule has 1 amide bonds. The number of aryl methyl sites for hydroxylation is 1. The fraction of sp³-hybridized carbons (Fsp3) is 0.158. The van der Waals surface area contributed by atoms with E-state index in [1.54, 1.807) is 23.9 Å². The second-order valence-electron chi connectivity index (χ2n) is 5.57. The normalized spacial score (nSPS) is 10.5. The van der Waals surface area contributed by atoms with E-state index >= 15 is 0 Å². The fourth-order valence-electron chi connectivity index (χ4n) is 2.38. The number of aromatic nitrogens is 2. The Bertz CT molecular complexity index is 950. The molecule has 0 atom stereocenters. The summed E-state index contributed by atoms with van der Waals surface area (Å²) in [6.07, 6.45) is -0.729. The predicted molar refractivity (Wildman–Crippen MR) is 107 cm³/mol. The molecule has 0 aliphatic rings. The van der Waals surface area contributed by atoms with Gasteiger partial charge in [0.05, 0.1) is 12.8 Å². The van der Waals surface area contributed by atoms with E-state index < -0.39 is 6.09 Å².